The maximum atomic E-state index is 7.55. The van der Waals surface area contributed by atoms with E-state index in [0.717, 1.165) is 25.4 Å². The van der Waals surface area contributed by atoms with Crippen molar-refractivity contribution in [1.82, 2.24) is 4.90 Å². The Bertz CT molecular complexity index is 191. The zero-order valence-electron chi connectivity index (χ0n) is 9.42. The Labute approximate surface area is 87.2 Å². The Morgan fingerprint density at radius 1 is 1.57 bits per heavy atom. The molecule has 0 aromatic heterocycles. The molecule has 1 fully saturated rings. The molecule has 3 nitrogen and oxygen atoms in total. The second-order valence-corrected chi connectivity index (χ2v) is 4.29. The molecule has 0 saturated carbocycles. The molecule has 2 unspecified atom stereocenters. The predicted octanol–water partition coefficient (Wildman–Crippen LogP) is 1.82. The average Bonchev–Trinajstić information content (AvgIpc) is 2.19. The molecule has 1 aliphatic heterocycles. The van der Waals surface area contributed by atoms with E-state index in [9.17, 15) is 0 Å². The Morgan fingerprint density at radius 2 is 2.29 bits per heavy atom. The molecule has 0 aromatic rings. The fourth-order valence-electron chi connectivity index (χ4n) is 2.39. The normalized spacial score (nSPS) is 26.0. The maximum absolute atomic E-state index is 7.55. The highest BCUT2D eigenvalue weighted by atomic mass is 15.2. The van der Waals surface area contributed by atoms with Crippen molar-refractivity contribution in [1.29, 1.82) is 5.41 Å². The van der Waals surface area contributed by atoms with Crippen molar-refractivity contribution in [2.75, 3.05) is 13.1 Å². The highest BCUT2D eigenvalue weighted by Crippen LogP contribution is 2.21. The van der Waals surface area contributed by atoms with E-state index in [2.05, 4.69) is 18.7 Å². The Morgan fingerprint density at radius 3 is 2.79 bits per heavy atom. The van der Waals surface area contributed by atoms with Gasteiger partial charge in [0.25, 0.3) is 0 Å². The van der Waals surface area contributed by atoms with E-state index in [-0.39, 0.29) is 6.04 Å². The minimum absolute atomic E-state index is 0.185. The smallest absolute Gasteiger partial charge is 0.108 e. The lowest BCUT2D eigenvalue weighted by atomic mass is 9.94. The number of piperidine rings is 1. The summed E-state index contributed by atoms with van der Waals surface area (Å²) in [5.41, 5.74) is 5.61. The van der Waals surface area contributed by atoms with Crippen LogP contribution in [-0.4, -0.2) is 29.9 Å². The third-order valence-electron chi connectivity index (χ3n) is 3.31. The van der Waals surface area contributed by atoms with Crippen LogP contribution in [0.5, 0.6) is 0 Å². The first-order valence-corrected chi connectivity index (χ1v) is 5.77. The third-order valence-corrected chi connectivity index (χ3v) is 3.31. The Kier molecular flexibility index (Phi) is 4.39. The molecule has 0 bridgehead atoms. The molecule has 2 atom stereocenters. The molecule has 0 aromatic carbocycles. The first kappa shape index (κ1) is 11.5. The van der Waals surface area contributed by atoms with E-state index in [1.807, 2.05) is 0 Å². The predicted molar refractivity (Wildman–Crippen MR) is 60.6 cm³/mol. The van der Waals surface area contributed by atoms with Gasteiger partial charge in [-0.3, -0.25) is 10.3 Å². The summed E-state index contributed by atoms with van der Waals surface area (Å²) in [6.07, 6.45) is 4.83. The Balaban J connectivity index is 2.53. The van der Waals surface area contributed by atoms with Crippen LogP contribution in [0, 0.1) is 11.3 Å². The molecule has 3 N–H and O–H groups in total. The lowest BCUT2D eigenvalue weighted by Gasteiger charge is -2.37. The van der Waals surface area contributed by atoms with Crippen LogP contribution in [0.3, 0.4) is 0 Å². The van der Waals surface area contributed by atoms with Crippen LogP contribution < -0.4 is 5.73 Å². The monoisotopic (exact) mass is 197 g/mol. The molecule has 1 rings (SSSR count). The fraction of sp³-hybridized carbons (Fsp3) is 0.909. The number of amidine groups is 1. The first-order valence-electron chi connectivity index (χ1n) is 5.77. The fourth-order valence-corrected chi connectivity index (χ4v) is 2.39. The molecule has 0 spiro atoms. The quantitative estimate of drug-likeness (QED) is 0.533. The number of nitrogens with zero attached hydrogens (tertiary/aromatic N) is 1. The van der Waals surface area contributed by atoms with Crippen molar-refractivity contribution in [3.05, 3.63) is 0 Å². The second kappa shape index (κ2) is 5.35. The molecule has 1 heterocycles. The van der Waals surface area contributed by atoms with Gasteiger partial charge in [-0.1, -0.05) is 20.3 Å². The van der Waals surface area contributed by atoms with E-state index < -0.39 is 0 Å². The van der Waals surface area contributed by atoms with Crippen molar-refractivity contribution in [2.45, 2.75) is 45.6 Å². The highest BCUT2D eigenvalue weighted by Gasteiger charge is 2.25. The molecular weight excluding hydrogens is 174 g/mol. The second-order valence-electron chi connectivity index (χ2n) is 4.29. The van der Waals surface area contributed by atoms with Crippen LogP contribution in [0.25, 0.3) is 0 Å². The van der Waals surface area contributed by atoms with E-state index >= 15 is 0 Å². The number of hydrogen-bond acceptors (Lipinski definition) is 2. The van der Waals surface area contributed by atoms with Crippen molar-refractivity contribution in [2.24, 2.45) is 11.7 Å². The lowest BCUT2D eigenvalue weighted by Crippen LogP contribution is -2.48. The van der Waals surface area contributed by atoms with Gasteiger partial charge in [0.1, 0.15) is 5.84 Å². The molecule has 14 heavy (non-hydrogen) atoms. The Hall–Kier alpha value is -0.570. The molecule has 0 radical (unpaired) electrons. The first-order chi connectivity index (χ1) is 6.69. The van der Waals surface area contributed by atoms with Crippen molar-refractivity contribution >= 4 is 5.84 Å². The van der Waals surface area contributed by atoms with Crippen molar-refractivity contribution in [3.63, 3.8) is 0 Å². The maximum Gasteiger partial charge on any atom is 0.108 e. The summed E-state index contributed by atoms with van der Waals surface area (Å²) in [5.74, 6) is 1.15. The number of rotatable bonds is 4. The molecular formula is C11H23N3. The minimum atomic E-state index is 0.185. The van der Waals surface area contributed by atoms with Crippen molar-refractivity contribution in [3.8, 4) is 0 Å². The van der Waals surface area contributed by atoms with Crippen LogP contribution in [0.15, 0.2) is 0 Å². The molecule has 1 aliphatic rings. The highest BCUT2D eigenvalue weighted by molar-refractivity contribution is 5.82. The third kappa shape index (κ3) is 2.71. The van der Waals surface area contributed by atoms with Gasteiger partial charge in [-0.05, 0) is 31.7 Å². The van der Waals surface area contributed by atoms with Gasteiger partial charge in [0.05, 0.1) is 6.04 Å². The SMILES string of the molecule is CCC1CCCN(C(CC)C(=N)N)C1. The summed E-state index contributed by atoms with van der Waals surface area (Å²) in [6.45, 7) is 6.62. The van der Waals surface area contributed by atoms with Gasteiger partial charge >= 0.3 is 0 Å². The molecule has 82 valence electrons. The van der Waals surface area contributed by atoms with Crippen LogP contribution in [0.2, 0.25) is 0 Å². The number of likely N-dealkylation sites (tertiary alicyclic amines) is 1. The summed E-state index contributed by atoms with van der Waals surface area (Å²) in [6, 6.07) is 0.185. The van der Waals surface area contributed by atoms with E-state index in [4.69, 9.17) is 11.1 Å². The van der Waals surface area contributed by atoms with Crippen molar-refractivity contribution < 1.29 is 0 Å². The van der Waals surface area contributed by atoms with E-state index in [1.165, 1.54) is 19.3 Å². The average molecular weight is 197 g/mol. The number of hydrogen-bond donors (Lipinski definition) is 2. The molecule has 1 saturated heterocycles. The van der Waals surface area contributed by atoms with Gasteiger partial charge in [0, 0.05) is 6.54 Å². The molecule has 0 aliphatic carbocycles. The standard InChI is InChI=1S/C11H23N3/c1-3-9-6-5-7-14(8-9)10(4-2)11(12)13/h9-10H,3-8H2,1-2H3,(H3,12,13). The van der Waals surface area contributed by atoms with Gasteiger partial charge in [0.15, 0.2) is 0 Å². The summed E-state index contributed by atoms with van der Waals surface area (Å²) < 4.78 is 0. The van der Waals surface area contributed by atoms with Crippen LogP contribution in [-0.2, 0) is 0 Å². The van der Waals surface area contributed by atoms with Gasteiger partial charge < -0.3 is 5.73 Å². The summed E-state index contributed by atoms with van der Waals surface area (Å²) >= 11 is 0. The largest absolute Gasteiger partial charge is 0.386 e. The van der Waals surface area contributed by atoms with Gasteiger partial charge in [-0.15, -0.1) is 0 Å². The van der Waals surface area contributed by atoms with Gasteiger partial charge in [-0.2, -0.15) is 0 Å². The van der Waals surface area contributed by atoms with Gasteiger partial charge in [0.2, 0.25) is 0 Å². The zero-order valence-corrected chi connectivity index (χ0v) is 9.42. The van der Waals surface area contributed by atoms with E-state index in [1.54, 1.807) is 0 Å². The van der Waals surface area contributed by atoms with Gasteiger partial charge in [-0.25, -0.2) is 0 Å². The summed E-state index contributed by atoms with van der Waals surface area (Å²) in [7, 11) is 0. The summed E-state index contributed by atoms with van der Waals surface area (Å²) in [4.78, 5) is 2.39. The topological polar surface area (TPSA) is 53.1 Å². The zero-order chi connectivity index (χ0) is 10.6. The number of nitrogens with one attached hydrogen (secondary N) is 1. The minimum Gasteiger partial charge on any atom is -0.386 e. The van der Waals surface area contributed by atoms with Crippen LogP contribution >= 0.6 is 0 Å². The lowest BCUT2D eigenvalue weighted by molar-refractivity contribution is 0.147. The summed E-state index contributed by atoms with van der Waals surface area (Å²) in [5, 5.41) is 7.55. The molecule has 3 heteroatoms. The van der Waals surface area contributed by atoms with E-state index in [0.29, 0.717) is 5.84 Å². The van der Waals surface area contributed by atoms with Crippen LogP contribution in [0.1, 0.15) is 39.5 Å². The van der Waals surface area contributed by atoms with Crippen LogP contribution in [0.4, 0.5) is 0 Å². The number of nitrogens with two attached hydrogens (primary N) is 1. The molecule has 0 amide bonds.